The average Bonchev–Trinajstić information content (AvgIpc) is 2.63. The largest absolute Gasteiger partial charge is 0.458 e. The van der Waals surface area contributed by atoms with Crippen LogP contribution in [0.25, 0.3) is 0 Å². The summed E-state index contributed by atoms with van der Waals surface area (Å²) < 4.78 is 18.6. The van der Waals surface area contributed by atoms with Crippen LogP contribution in [0.2, 0.25) is 0 Å². The first kappa shape index (κ1) is 17.1. The van der Waals surface area contributed by atoms with Crippen LogP contribution in [-0.2, 0) is 0 Å². The molecule has 0 spiro atoms. The van der Waals surface area contributed by atoms with E-state index in [-0.39, 0.29) is 18.0 Å². The maximum Gasteiger partial charge on any atom is 0.316 e. The Hall–Kier alpha value is -2.70. The van der Waals surface area contributed by atoms with Crippen molar-refractivity contribution in [2.45, 2.75) is 18.9 Å². The molecule has 1 saturated heterocycles. The van der Waals surface area contributed by atoms with Crippen LogP contribution in [-0.4, -0.2) is 54.1 Å². The van der Waals surface area contributed by atoms with Crippen LogP contribution in [0.3, 0.4) is 0 Å². The second-order valence-corrected chi connectivity index (χ2v) is 6.26. The lowest BCUT2D eigenvalue weighted by molar-refractivity contribution is 0.0515. The molecule has 1 fully saturated rings. The first-order valence-electron chi connectivity index (χ1n) is 8.24. The molecule has 1 aromatic heterocycles. The van der Waals surface area contributed by atoms with Crippen molar-refractivity contribution in [1.29, 1.82) is 0 Å². The summed E-state index contributed by atoms with van der Waals surface area (Å²) in [6.07, 6.45) is 3.60. The zero-order chi connectivity index (χ0) is 17.8. The van der Waals surface area contributed by atoms with Gasteiger partial charge in [0.15, 0.2) is 5.82 Å². The monoisotopic (exact) mass is 344 g/mol. The van der Waals surface area contributed by atoms with E-state index in [4.69, 9.17) is 4.74 Å². The van der Waals surface area contributed by atoms with Crippen molar-refractivity contribution in [2.24, 2.45) is 0 Å². The molecule has 7 heteroatoms. The van der Waals surface area contributed by atoms with Crippen molar-refractivity contribution >= 4 is 11.6 Å². The fourth-order valence-corrected chi connectivity index (χ4v) is 2.81. The van der Waals surface area contributed by atoms with Gasteiger partial charge in [-0.3, -0.25) is 4.79 Å². The zero-order valence-corrected chi connectivity index (χ0v) is 14.4. The number of carbonyl (C=O) groups is 1. The third-order valence-corrected chi connectivity index (χ3v) is 4.16. The zero-order valence-electron chi connectivity index (χ0n) is 14.4. The summed E-state index contributed by atoms with van der Waals surface area (Å²) in [5.41, 5.74) is 1.70. The Bertz CT molecular complexity index is 719. The van der Waals surface area contributed by atoms with Gasteiger partial charge in [0.25, 0.3) is 5.91 Å². The van der Waals surface area contributed by atoms with Gasteiger partial charge in [-0.2, -0.15) is 0 Å². The smallest absolute Gasteiger partial charge is 0.316 e. The Labute approximate surface area is 146 Å². The molecular formula is C18H21FN4O2. The van der Waals surface area contributed by atoms with Crippen molar-refractivity contribution < 1.29 is 13.9 Å². The van der Waals surface area contributed by atoms with Gasteiger partial charge in [0, 0.05) is 31.9 Å². The number of piperidine rings is 1. The number of carbonyl (C=O) groups excluding carboxylic acids is 1. The number of benzene rings is 1. The molecule has 2 heterocycles. The molecule has 1 atom stereocenters. The molecule has 0 saturated carbocycles. The van der Waals surface area contributed by atoms with Gasteiger partial charge >= 0.3 is 6.01 Å². The third-order valence-electron chi connectivity index (χ3n) is 4.16. The Morgan fingerprint density at radius 2 is 1.92 bits per heavy atom. The molecule has 1 aliphatic heterocycles. The second kappa shape index (κ2) is 7.46. The summed E-state index contributed by atoms with van der Waals surface area (Å²) in [6.45, 7) is 1.16. The fraction of sp³-hybridized carbons (Fsp3) is 0.389. The maximum atomic E-state index is 12.9. The lowest BCUT2D eigenvalue weighted by Gasteiger charge is -2.32. The third kappa shape index (κ3) is 4.23. The Morgan fingerprint density at radius 1 is 1.24 bits per heavy atom. The minimum absolute atomic E-state index is 0.0152. The molecule has 132 valence electrons. The van der Waals surface area contributed by atoms with Crippen LogP contribution in [0.1, 0.15) is 23.2 Å². The molecule has 25 heavy (non-hydrogen) atoms. The van der Waals surface area contributed by atoms with E-state index >= 15 is 0 Å². The fourth-order valence-electron chi connectivity index (χ4n) is 2.81. The van der Waals surface area contributed by atoms with Crippen molar-refractivity contribution in [3.63, 3.8) is 0 Å². The van der Waals surface area contributed by atoms with E-state index < -0.39 is 5.82 Å². The number of halogens is 1. The second-order valence-electron chi connectivity index (χ2n) is 6.26. The number of ether oxygens (including phenoxy) is 1. The minimum Gasteiger partial charge on any atom is -0.458 e. The van der Waals surface area contributed by atoms with Crippen molar-refractivity contribution in [2.75, 3.05) is 32.1 Å². The van der Waals surface area contributed by atoms with Gasteiger partial charge < -0.3 is 14.5 Å². The molecule has 0 N–H and O–H groups in total. The lowest BCUT2D eigenvalue weighted by atomic mass is 10.1. The SMILES string of the molecule is CN(C)c1ccc(C(=O)N2CCCC(Oc3ncc(F)cn3)C2)cc1. The number of nitrogens with zero attached hydrogens (tertiary/aromatic N) is 4. The van der Waals surface area contributed by atoms with E-state index in [9.17, 15) is 9.18 Å². The van der Waals surface area contributed by atoms with Crippen molar-refractivity contribution in [1.82, 2.24) is 14.9 Å². The number of aromatic nitrogens is 2. The van der Waals surface area contributed by atoms with Crippen LogP contribution in [0.4, 0.5) is 10.1 Å². The number of likely N-dealkylation sites (tertiary alicyclic amines) is 1. The van der Waals surface area contributed by atoms with Crippen LogP contribution >= 0.6 is 0 Å². The molecular weight excluding hydrogens is 323 g/mol. The molecule has 0 aliphatic carbocycles. The van der Waals surface area contributed by atoms with E-state index in [2.05, 4.69) is 9.97 Å². The number of hydrogen-bond acceptors (Lipinski definition) is 5. The summed E-state index contributed by atoms with van der Waals surface area (Å²) >= 11 is 0. The van der Waals surface area contributed by atoms with Gasteiger partial charge in [-0.15, -0.1) is 0 Å². The van der Waals surface area contributed by atoms with E-state index in [1.165, 1.54) is 0 Å². The number of amides is 1. The number of anilines is 1. The van der Waals surface area contributed by atoms with Gasteiger partial charge in [0.05, 0.1) is 18.9 Å². The summed E-state index contributed by atoms with van der Waals surface area (Å²) in [7, 11) is 3.92. The average molecular weight is 344 g/mol. The van der Waals surface area contributed by atoms with Crippen LogP contribution in [0.5, 0.6) is 6.01 Å². The standard InChI is InChI=1S/C18H21FN4O2/c1-22(2)15-7-5-13(6-8-15)17(24)23-9-3-4-16(12-23)25-18-20-10-14(19)11-21-18/h5-8,10-11,16H,3-4,9,12H2,1-2H3. The topological polar surface area (TPSA) is 58.6 Å². The highest BCUT2D eigenvalue weighted by atomic mass is 19.1. The summed E-state index contributed by atoms with van der Waals surface area (Å²) in [5, 5.41) is 0. The Kier molecular flexibility index (Phi) is 5.11. The van der Waals surface area contributed by atoms with Gasteiger partial charge in [-0.25, -0.2) is 14.4 Å². The van der Waals surface area contributed by atoms with Crippen LogP contribution in [0, 0.1) is 5.82 Å². The maximum absolute atomic E-state index is 12.9. The number of rotatable bonds is 4. The molecule has 1 amide bonds. The Morgan fingerprint density at radius 3 is 2.56 bits per heavy atom. The quantitative estimate of drug-likeness (QED) is 0.852. The van der Waals surface area contributed by atoms with Crippen molar-refractivity contribution in [3.8, 4) is 6.01 Å². The summed E-state index contributed by atoms with van der Waals surface area (Å²) in [6, 6.07) is 7.67. The molecule has 1 aromatic carbocycles. The number of hydrogen-bond donors (Lipinski definition) is 0. The van der Waals surface area contributed by atoms with Crippen LogP contribution in [0.15, 0.2) is 36.7 Å². The predicted molar refractivity (Wildman–Crippen MR) is 92.3 cm³/mol. The van der Waals surface area contributed by atoms with Gasteiger partial charge in [0.1, 0.15) is 6.10 Å². The Balaban J connectivity index is 1.63. The molecule has 0 radical (unpaired) electrons. The van der Waals surface area contributed by atoms with Gasteiger partial charge in [0.2, 0.25) is 0 Å². The van der Waals surface area contributed by atoms with E-state index in [0.29, 0.717) is 18.7 Å². The highest BCUT2D eigenvalue weighted by Gasteiger charge is 2.26. The molecule has 1 aliphatic rings. The molecule has 6 nitrogen and oxygen atoms in total. The molecule has 1 unspecified atom stereocenters. The first-order chi connectivity index (χ1) is 12.0. The predicted octanol–water partition coefficient (Wildman–Crippen LogP) is 2.37. The highest BCUT2D eigenvalue weighted by molar-refractivity contribution is 5.94. The lowest BCUT2D eigenvalue weighted by Crippen LogP contribution is -2.44. The molecule has 0 bridgehead atoms. The molecule has 3 rings (SSSR count). The van der Waals surface area contributed by atoms with Crippen molar-refractivity contribution in [3.05, 3.63) is 48.0 Å². The van der Waals surface area contributed by atoms with E-state index in [0.717, 1.165) is 30.9 Å². The van der Waals surface area contributed by atoms with Gasteiger partial charge in [-0.1, -0.05) is 0 Å². The first-order valence-corrected chi connectivity index (χ1v) is 8.24. The van der Waals surface area contributed by atoms with E-state index in [1.54, 1.807) is 4.90 Å². The highest BCUT2D eigenvalue weighted by Crippen LogP contribution is 2.19. The van der Waals surface area contributed by atoms with E-state index in [1.807, 2.05) is 43.3 Å². The van der Waals surface area contributed by atoms with Crippen LogP contribution < -0.4 is 9.64 Å². The summed E-state index contributed by atoms with van der Waals surface area (Å²) in [4.78, 5) is 24.1. The normalized spacial score (nSPS) is 17.2. The van der Waals surface area contributed by atoms with Gasteiger partial charge in [-0.05, 0) is 37.1 Å². The molecule has 2 aromatic rings. The minimum atomic E-state index is -0.506. The summed E-state index contributed by atoms with van der Waals surface area (Å²) in [5.74, 6) is -0.521.